The van der Waals surface area contributed by atoms with Crippen molar-refractivity contribution >= 4 is 0 Å². The van der Waals surface area contributed by atoms with Crippen LogP contribution in [0, 0.1) is 11.7 Å². The van der Waals surface area contributed by atoms with Gasteiger partial charge in [0.15, 0.2) is 5.82 Å². The molecule has 0 bridgehead atoms. The van der Waals surface area contributed by atoms with Crippen molar-refractivity contribution in [3.05, 3.63) is 35.9 Å². The topological polar surface area (TPSA) is 30.7 Å². The molecule has 0 spiro atoms. The van der Waals surface area contributed by atoms with Gasteiger partial charge in [-0.1, -0.05) is 6.92 Å². The van der Waals surface area contributed by atoms with E-state index in [1.807, 2.05) is 0 Å². The highest BCUT2D eigenvalue weighted by molar-refractivity contribution is 5.55. The molecular weight excluding hydrogens is 217 g/mol. The Hall–Kier alpha value is -1.71. The predicted octanol–water partition coefficient (Wildman–Crippen LogP) is 2.67. The molecule has 0 saturated carbocycles. The number of rotatable bonds is 1. The Bertz CT molecular complexity index is 530. The first kappa shape index (κ1) is 10.4. The predicted molar refractivity (Wildman–Crippen MR) is 62.9 cm³/mol. The van der Waals surface area contributed by atoms with E-state index in [9.17, 15) is 4.39 Å². The third-order valence-corrected chi connectivity index (χ3v) is 3.31. The molecule has 1 aromatic carbocycles. The summed E-state index contributed by atoms with van der Waals surface area (Å²) in [4.78, 5) is 0. The quantitative estimate of drug-likeness (QED) is 0.755. The zero-order chi connectivity index (χ0) is 11.8. The van der Waals surface area contributed by atoms with Crippen molar-refractivity contribution in [2.45, 2.75) is 26.3 Å². The van der Waals surface area contributed by atoms with E-state index in [-0.39, 0.29) is 5.82 Å². The maximum Gasteiger partial charge on any atom is 0.163 e. The Morgan fingerprint density at radius 3 is 2.76 bits per heavy atom. The van der Waals surface area contributed by atoms with E-state index >= 15 is 0 Å². The molecule has 0 radical (unpaired) electrons. The van der Waals surface area contributed by atoms with Gasteiger partial charge in [0.2, 0.25) is 0 Å². The first-order valence-corrected chi connectivity index (χ1v) is 5.92. The number of benzene rings is 1. The van der Waals surface area contributed by atoms with Gasteiger partial charge in [-0.05, 0) is 36.6 Å². The van der Waals surface area contributed by atoms with Crippen LogP contribution >= 0.6 is 0 Å². The first-order chi connectivity index (χ1) is 8.24. The van der Waals surface area contributed by atoms with Gasteiger partial charge in [0, 0.05) is 18.5 Å². The fourth-order valence-electron chi connectivity index (χ4n) is 2.30. The van der Waals surface area contributed by atoms with Crippen LogP contribution in [0.15, 0.2) is 24.3 Å². The SMILES string of the molecule is CC1CCn2c(nnc2-c2ccc(F)cc2)C1. The van der Waals surface area contributed by atoms with Gasteiger partial charge in [-0.3, -0.25) is 0 Å². The first-order valence-electron chi connectivity index (χ1n) is 5.92. The highest BCUT2D eigenvalue weighted by Gasteiger charge is 2.20. The van der Waals surface area contributed by atoms with Crippen molar-refractivity contribution in [3.63, 3.8) is 0 Å². The molecule has 0 N–H and O–H groups in total. The molecular formula is C13H14FN3. The summed E-state index contributed by atoms with van der Waals surface area (Å²) in [5, 5.41) is 8.45. The second-order valence-electron chi connectivity index (χ2n) is 4.70. The molecule has 1 aromatic heterocycles. The Morgan fingerprint density at radius 1 is 1.24 bits per heavy atom. The molecule has 3 nitrogen and oxygen atoms in total. The van der Waals surface area contributed by atoms with Gasteiger partial charge in [0.1, 0.15) is 11.6 Å². The minimum atomic E-state index is -0.222. The largest absolute Gasteiger partial charge is 0.311 e. The van der Waals surface area contributed by atoms with E-state index < -0.39 is 0 Å². The number of halogens is 1. The van der Waals surface area contributed by atoms with Crippen molar-refractivity contribution in [2.24, 2.45) is 5.92 Å². The summed E-state index contributed by atoms with van der Waals surface area (Å²) in [5.74, 6) is 2.35. The minimum Gasteiger partial charge on any atom is -0.311 e. The summed E-state index contributed by atoms with van der Waals surface area (Å²) >= 11 is 0. The number of hydrogen-bond acceptors (Lipinski definition) is 2. The van der Waals surface area contributed by atoms with Crippen molar-refractivity contribution in [1.29, 1.82) is 0 Å². The van der Waals surface area contributed by atoms with Crippen molar-refractivity contribution in [1.82, 2.24) is 14.8 Å². The molecule has 0 amide bonds. The maximum absolute atomic E-state index is 12.9. The zero-order valence-corrected chi connectivity index (χ0v) is 9.73. The summed E-state index contributed by atoms with van der Waals surface area (Å²) in [7, 11) is 0. The van der Waals surface area contributed by atoms with Crippen LogP contribution in [0.4, 0.5) is 4.39 Å². The minimum absolute atomic E-state index is 0.222. The Labute approximate surface area is 99.3 Å². The van der Waals surface area contributed by atoms with Gasteiger partial charge in [0.05, 0.1) is 0 Å². The van der Waals surface area contributed by atoms with Crippen LogP contribution in [-0.4, -0.2) is 14.8 Å². The molecule has 2 heterocycles. The lowest BCUT2D eigenvalue weighted by atomic mass is 10.00. The highest BCUT2D eigenvalue weighted by Crippen LogP contribution is 2.25. The number of nitrogens with zero attached hydrogens (tertiary/aromatic N) is 3. The summed E-state index contributed by atoms with van der Waals surface area (Å²) in [6.07, 6.45) is 2.13. The Morgan fingerprint density at radius 2 is 2.00 bits per heavy atom. The van der Waals surface area contributed by atoms with Gasteiger partial charge in [-0.15, -0.1) is 10.2 Å². The number of fused-ring (bicyclic) bond motifs is 1. The highest BCUT2D eigenvalue weighted by atomic mass is 19.1. The van der Waals surface area contributed by atoms with Crippen LogP contribution in [-0.2, 0) is 13.0 Å². The monoisotopic (exact) mass is 231 g/mol. The average Bonchev–Trinajstić information content (AvgIpc) is 2.73. The van der Waals surface area contributed by atoms with Crippen LogP contribution in [0.25, 0.3) is 11.4 Å². The molecule has 4 heteroatoms. The van der Waals surface area contributed by atoms with Gasteiger partial charge in [-0.25, -0.2) is 4.39 Å². The lowest BCUT2D eigenvalue weighted by Crippen LogP contribution is -2.17. The van der Waals surface area contributed by atoms with Gasteiger partial charge in [-0.2, -0.15) is 0 Å². The molecule has 0 saturated heterocycles. The zero-order valence-electron chi connectivity index (χ0n) is 9.73. The molecule has 1 aliphatic rings. The smallest absolute Gasteiger partial charge is 0.163 e. The van der Waals surface area contributed by atoms with Crippen LogP contribution in [0.3, 0.4) is 0 Å². The van der Waals surface area contributed by atoms with Crippen LogP contribution in [0.2, 0.25) is 0 Å². The lowest BCUT2D eigenvalue weighted by molar-refractivity contribution is 0.411. The molecule has 3 rings (SSSR count). The van der Waals surface area contributed by atoms with Gasteiger partial charge >= 0.3 is 0 Å². The van der Waals surface area contributed by atoms with Crippen molar-refractivity contribution in [3.8, 4) is 11.4 Å². The normalized spacial score (nSPS) is 19.1. The number of aromatic nitrogens is 3. The second-order valence-corrected chi connectivity index (χ2v) is 4.70. The third-order valence-electron chi connectivity index (χ3n) is 3.31. The molecule has 1 atom stereocenters. The summed E-state index contributed by atoms with van der Waals surface area (Å²) in [6, 6.07) is 6.43. The van der Waals surface area contributed by atoms with Crippen LogP contribution < -0.4 is 0 Å². The van der Waals surface area contributed by atoms with Gasteiger partial charge in [0.25, 0.3) is 0 Å². The molecule has 0 aliphatic carbocycles. The summed E-state index contributed by atoms with van der Waals surface area (Å²) in [5.41, 5.74) is 0.930. The summed E-state index contributed by atoms with van der Waals surface area (Å²) < 4.78 is 15.0. The van der Waals surface area contributed by atoms with E-state index in [1.54, 1.807) is 12.1 Å². The molecule has 17 heavy (non-hydrogen) atoms. The van der Waals surface area contributed by atoms with E-state index in [1.165, 1.54) is 12.1 Å². The van der Waals surface area contributed by atoms with E-state index in [0.29, 0.717) is 5.92 Å². The summed E-state index contributed by atoms with van der Waals surface area (Å²) in [6.45, 7) is 3.19. The molecule has 1 aliphatic heterocycles. The molecule has 88 valence electrons. The number of hydrogen-bond donors (Lipinski definition) is 0. The van der Waals surface area contributed by atoms with Gasteiger partial charge < -0.3 is 4.57 Å². The van der Waals surface area contributed by atoms with E-state index in [2.05, 4.69) is 21.7 Å². The van der Waals surface area contributed by atoms with Crippen molar-refractivity contribution in [2.75, 3.05) is 0 Å². The molecule has 1 unspecified atom stereocenters. The van der Waals surface area contributed by atoms with E-state index in [0.717, 1.165) is 36.6 Å². The molecule has 2 aromatic rings. The second kappa shape index (κ2) is 3.95. The van der Waals surface area contributed by atoms with Crippen LogP contribution in [0.1, 0.15) is 19.2 Å². The third kappa shape index (κ3) is 1.84. The van der Waals surface area contributed by atoms with E-state index in [4.69, 9.17) is 0 Å². The maximum atomic E-state index is 12.9. The fourth-order valence-corrected chi connectivity index (χ4v) is 2.30. The van der Waals surface area contributed by atoms with Crippen LogP contribution in [0.5, 0.6) is 0 Å². The Balaban J connectivity index is 2.02. The fraction of sp³-hybridized carbons (Fsp3) is 0.385. The average molecular weight is 231 g/mol. The standard InChI is InChI=1S/C13H14FN3/c1-9-6-7-17-12(8-9)15-16-13(17)10-2-4-11(14)5-3-10/h2-5,9H,6-8H2,1H3. The molecule has 0 fully saturated rings. The van der Waals surface area contributed by atoms with Crippen molar-refractivity contribution < 1.29 is 4.39 Å². The lowest BCUT2D eigenvalue weighted by Gasteiger charge is -2.20. The Kier molecular flexibility index (Phi) is 2.42.